The average Bonchev–Trinajstić information content (AvgIpc) is 2.27. The van der Waals surface area contributed by atoms with Crippen LogP contribution in [0, 0.1) is 0 Å². The Morgan fingerprint density at radius 2 is 1.94 bits per heavy atom. The number of hydrogen-bond donors (Lipinski definition) is 2. The van der Waals surface area contributed by atoms with Gasteiger partial charge in [-0.2, -0.15) is 0 Å². The molecular weight excluding hydrogens is 216 g/mol. The number of hydrogen-bond acceptors (Lipinski definition) is 5. The second-order valence-electron chi connectivity index (χ2n) is 3.47. The number of aliphatic hydroxyl groups is 2. The van der Waals surface area contributed by atoms with Crippen molar-refractivity contribution in [3.05, 3.63) is 20.9 Å². The van der Waals surface area contributed by atoms with E-state index in [0.717, 1.165) is 0 Å². The quantitative estimate of drug-likeness (QED) is 0.411. The van der Waals surface area contributed by atoms with Gasteiger partial charge in [0.25, 0.3) is 0 Å². The Balaban J connectivity index is 2.77. The van der Waals surface area contributed by atoms with Gasteiger partial charge in [0.05, 0.1) is 30.9 Å². The summed E-state index contributed by atoms with van der Waals surface area (Å²) >= 11 is 0. The van der Waals surface area contributed by atoms with E-state index in [1.54, 1.807) is 6.92 Å². The first-order valence-electron chi connectivity index (χ1n) is 4.68. The molecule has 5 atom stereocenters. The van der Waals surface area contributed by atoms with Crippen molar-refractivity contribution in [1.29, 1.82) is 0 Å². The first-order valence-corrected chi connectivity index (χ1v) is 4.68. The maximum atomic E-state index is 9.68. The summed E-state index contributed by atoms with van der Waals surface area (Å²) in [4.78, 5) is 5.11. The van der Waals surface area contributed by atoms with Gasteiger partial charge in [0.2, 0.25) is 0 Å². The molecule has 0 aliphatic carbocycles. The van der Waals surface area contributed by atoms with Crippen molar-refractivity contribution in [3.63, 3.8) is 0 Å². The Bertz CT molecular complexity index is 335. The molecule has 0 bridgehead atoms. The molecule has 2 unspecified atom stereocenters. The van der Waals surface area contributed by atoms with Gasteiger partial charge in [-0.05, 0) is 18.0 Å². The summed E-state index contributed by atoms with van der Waals surface area (Å²) in [5.41, 5.74) is 16.4. The normalized spacial score (nSPS) is 38.3. The zero-order valence-electron chi connectivity index (χ0n) is 8.58. The van der Waals surface area contributed by atoms with Crippen LogP contribution < -0.4 is 0 Å². The predicted molar refractivity (Wildman–Crippen MR) is 53.3 cm³/mol. The highest BCUT2D eigenvalue weighted by molar-refractivity contribution is 4.95. The number of azide groups is 2. The van der Waals surface area contributed by atoms with Crippen LogP contribution in [-0.4, -0.2) is 47.2 Å². The van der Waals surface area contributed by atoms with Gasteiger partial charge < -0.3 is 14.9 Å². The van der Waals surface area contributed by atoms with Crippen molar-refractivity contribution in [1.82, 2.24) is 0 Å². The van der Waals surface area contributed by atoms with Gasteiger partial charge in [0, 0.05) is 9.82 Å². The maximum Gasteiger partial charge on any atom is 0.107 e. The summed E-state index contributed by atoms with van der Waals surface area (Å²) in [6.07, 6.45) is -3.80. The van der Waals surface area contributed by atoms with Gasteiger partial charge in [0.1, 0.15) is 6.10 Å². The van der Waals surface area contributed by atoms with Crippen molar-refractivity contribution in [2.75, 3.05) is 6.54 Å². The SMILES string of the molecule is C[C@@H]1OC(CN=[N+]=[N-])[C@H](O)[C@H](O)C1N=[N+]=[N-]. The molecule has 0 aromatic carbocycles. The van der Waals surface area contributed by atoms with E-state index in [-0.39, 0.29) is 6.54 Å². The minimum atomic E-state index is -1.24. The lowest BCUT2D eigenvalue weighted by Gasteiger charge is -2.39. The second kappa shape index (κ2) is 5.55. The van der Waals surface area contributed by atoms with Crippen LogP contribution in [0.3, 0.4) is 0 Å². The van der Waals surface area contributed by atoms with E-state index >= 15 is 0 Å². The fraction of sp³-hybridized carbons (Fsp3) is 1.00. The van der Waals surface area contributed by atoms with Gasteiger partial charge >= 0.3 is 0 Å². The molecule has 1 fully saturated rings. The number of aliphatic hydroxyl groups excluding tert-OH is 2. The molecule has 16 heavy (non-hydrogen) atoms. The highest BCUT2D eigenvalue weighted by atomic mass is 16.5. The summed E-state index contributed by atoms with van der Waals surface area (Å²) in [6, 6.07) is -0.845. The van der Waals surface area contributed by atoms with E-state index in [2.05, 4.69) is 20.1 Å². The molecule has 0 aromatic rings. The standard InChI is InChI=1S/C7H12N6O3/c1-3-5(11-13-9)7(15)6(14)4(16-3)2-10-12-8/h3-7,14-15H,2H2,1H3/t3-,4?,5?,6-,7+/m0/s1. The van der Waals surface area contributed by atoms with Gasteiger partial charge in [-0.25, -0.2) is 0 Å². The highest BCUT2D eigenvalue weighted by Crippen LogP contribution is 2.23. The lowest BCUT2D eigenvalue weighted by Crippen LogP contribution is -2.56. The second-order valence-corrected chi connectivity index (χ2v) is 3.47. The third-order valence-electron chi connectivity index (χ3n) is 2.46. The fourth-order valence-electron chi connectivity index (χ4n) is 1.63. The van der Waals surface area contributed by atoms with E-state index in [9.17, 15) is 10.2 Å². The summed E-state index contributed by atoms with van der Waals surface area (Å²) in [5.74, 6) is 0. The minimum Gasteiger partial charge on any atom is -0.390 e. The smallest absolute Gasteiger partial charge is 0.107 e. The van der Waals surface area contributed by atoms with Crippen molar-refractivity contribution >= 4 is 0 Å². The molecule has 0 amide bonds. The Kier molecular flexibility index (Phi) is 4.36. The summed E-state index contributed by atoms with van der Waals surface area (Å²) in [5, 5.41) is 25.9. The molecule has 1 aliphatic rings. The molecule has 0 aromatic heterocycles. The number of ether oxygens (including phenoxy) is 1. The molecule has 0 spiro atoms. The van der Waals surface area contributed by atoms with Crippen molar-refractivity contribution in [2.45, 2.75) is 37.4 Å². The maximum absolute atomic E-state index is 9.68. The molecule has 1 aliphatic heterocycles. The predicted octanol–water partition coefficient (Wildman–Crippen LogP) is 0.485. The minimum absolute atomic E-state index is 0.0813. The van der Waals surface area contributed by atoms with Crippen LogP contribution in [0.2, 0.25) is 0 Å². The molecule has 1 rings (SSSR count). The molecular formula is C7H12N6O3. The number of rotatable bonds is 3. The Labute approximate surface area is 90.9 Å². The van der Waals surface area contributed by atoms with Crippen LogP contribution in [-0.2, 0) is 4.74 Å². The Hall–Kier alpha value is -1.50. The van der Waals surface area contributed by atoms with Crippen LogP contribution in [0.25, 0.3) is 20.9 Å². The van der Waals surface area contributed by atoms with E-state index in [1.807, 2.05) is 0 Å². The summed E-state index contributed by atoms with van der Waals surface area (Å²) in [6.45, 7) is 1.53. The van der Waals surface area contributed by atoms with Gasteiger partial charge in [-0.3, -0.25) is 0 Å². The van der Waals surface area contributed by atoms with Crippen LogP contribution in [0.4, 0.5) is 0 Å². The average molecular weight is 228 g/mol. The van der Waals surface area contributed by atoms with Gasteiger partial charge in [-0.15, -0.1) is 0 Å². The largest absolute Gasteiger partial charge is 0.390 e. The highest BCUT2D eigenvalue weighted by Gasteiger charge is 2.41. The van der Waals surface area contributed by atoms with Crippen LogP contribution in [0.5, 0.6) is 0 Å². The summed E-state index contributed by atoms with van der Waals surface area (Å²) < 4.78 is 5.30. The fourth-order valence-corrected chi connectivity index (χ4v) is 1.63. The van der Waals surface area contributed by atoms with Crippen LogP contribution in [0.1, 0.15) is 6.92 Å². The van der Waals surface area contributed by atoms with E-state index in [0.29, 0.717) is 0 Å². The Morgan fingerprint density at radius 3 is 2.50 bits per heavy atom. The molecule has 2 N–H and O–H groups in total. The topological polar surface area (TPSA) is 147 Å². The van der Waals surface area contributed by atoms with Crippen molar-refractivity contribution in [3.8, 4) is 0 Å². The van der Waals surface area contributed by atoms with Crippen molar-refractivity contribution < 1.29 is 14.9 Å². The van der Waals surface area contributed by atoms with Gasteiger partial charge in [-0.1, -0.05) is 10.2 Å². The zero-order chi connectivity index (χ0) is 12.1. The van der Waals surface area contributed by atoms with Crippen molar-refractivity contribution in [2.24, 2.45) is 10.2 Å². The van der Waals surface area contributed by atoms with E-state index in [4.69, 9.17) is 15.8 Å². The Morgan fingerprint density at radius 1 is 1.25 bits per heavy atom. The monoisotopic (exact) mass is 228 g/mol. The van der Waals surface area contributed by atoms with E-state index < -0.39 is 30.5 Å². The van der Waals surface area contributed by atoms with E-state index in [1.165, 1.54) is 0 Å². The molecule has 1 heterocycles. The first kappa shape index (κ1) is 12.6. The summed E-state index contributed by atoms with van der Waals surface area (Å²) in [7, 11) is 0. The van der Waals surface area contributed by atoms with Gasteiger partial charge in [0.15, 0.2) is 0 Å². The third kappa shape index (κ3) is 2.54. The molecule has 9 heteroatoms. The first-order chi connectivity index (χ1) is 7.61. The molecule has 0 saturated carbocycles. The lowest BCUT2D eigenvalue weighted by atomic mass is 9.94. The zero-order valence-corrected chi connectivity index (χ0v) is 8.58. The molecule has 88 valence electrons. The molecule has 9 nitrogen and oxygen atoms in total. The molecule has 1 saturated heterocycles. The van der Waals surface area contributed by atoms with Crippen LogP contribution >= 0.6 is 0 Å². The lowest BCUT2D eigenvalue weighted by molar-refractivity contribution is -0.169. The van der Waals surface area contributed by atoms with Crippen LogP contribution in [0.15, 0.2) is 10.2 Å². The number of nitrogens with zero attached hydrogens (tertiary/aromatic N) is 6. The third-order valence-corrected chi connectivity index (χ3v) is 2.46. The molecule has 0 radical (unpaired) electrons.